The first kappa shape index (κ1) is 33.9. The van der Waals surface area contributed by atoms with E-state index in [0.29, 0.717) is 0 Å². The highest BCUT2D eigenvalue weighted by atomic mass is 16.5. The second-order valence-electron chi connectivity index (χ2n) is 15.7. The minimum atomic E-state index is -0.145. The zero-order valence-corrected chi connectivity index (χ0v) is 32.4. The number of hydrogen-bond donors (Lipinski definition) is 0. The summed E-state index contributed by atoms with van der Waals surface area (Å²) in [5.74, 6) is 1.67. The predicted octanol–water partition coefficient (Wildman–Crippen LogP) is 15.5. The zero-order valence-electron chi connectivity index (χ0n) is 32.4. The first-order chi connectivity index (χ1) is 28.5. The van der Waals surface area contributed by atoms with Gasteiger partial charge in [0.25, 0.3) is 0 Å². The van der Waals surface area contributed by atoms with E-state index in [1.807, 2.05) is 0 Å². The smallest absolute Gasteiger partial charge is 0.159 e. The van der Waals surface area contributed by atoms with Crippen LogP contribution in [0.15, 0.2) is 206 Å². The lowest BCUT2D eigenvalue weighted by Crippen LogP contribution is -2.17. The molecular weight excluding hydrogens is 705 g/mol. The molecule has 1 heterocycles. The second kappa shape index (κ2) is 13.4. The van der Waals surface area contributed by atoms with Gasteiger partial charge in [0.1, 0.15) is 5.75 Å². The number of benzene rings is 9. The van der Waals surface area contributed by atoms with Gasteiger partial charge in [0.05, 0.1) is 11.4 Å². The molecule has 0 saturated carbocycles. The largest absolute Gasteiger partial charge is 0.454 e. The van der Waals surface area contributed by atoms with Crippen molar-refractivity contribution in [2.24, 2.45) is 0 Å². The van der Waals surface area contributed by atoms with Crippen molar-refractivity contribution in [1.82, 2.24) is 0 Å². The maximum Gasteiger partial charge on any atom is 0.159 e. The molecule has 1 aliphatic carbocycles. The monoisotopic (exact) mass is 744 g/mol. The molecule has 0 N–H and O–H groups in total. The van der Waals surface area contributed by atoms with E-state index in [-0.39, 0.29) is 5.41 Å². The van der Waals surface area contributed by atoms with Crippen LogP contribution in [0.25, 0.3) is 44.2 Å². The summed E-state index contributed by atoms with van der Waals surface area (Å²) in [6.07, 6.45) is 0. The maximum absolute atomic E-state index is 7.23. The third kappa shape index (κ3) is 5.35. The zero-order chi connectivity index (χ0) is 38.8. The van der Waals surface area contributed by atoms with E-state index >= 15 is 0 Å². The summed E-state index contributed by atoms with van der Waals surface area (Å²) >= 11 is 0. The lowest BCUT2D eigenvalue weighted by Gasteiger charge is -2.34. The van der Waals surface area contributed by atoms with Gasteiger partial charge in [-0.3, -0.25) is 0 Å². The van der Waals surface area contributed by atoms with E-state index in [1.165, 1.54) is 33.4 Å². The van der Waals surface area contributed by atoms with Crippen LogP contribution in [0.5, 0.6) is 11.5 Å². The van der Waals surface area contributed by atoms with Crippen molar-refractivity contribution in [1.29, 1.82) is 0 Å². The van der Waals surface area contributed by atoms with Crippen LogP contribution in [0.4, 0.5) is 34.1 Å². The lowest BCUT2D eigenvalue weighted by molar-refractivity contribution is 0.488. The Morgan fingerprint density at radius 2 is 0.966 bits per heavy atom. The molecule has 9 aromatic rings. The Morgan fingerprint density at radius 1 is 0.397 bits per heavy atom. The molecule has 3 heteroatoms. The molecule has 3 nitrogen and oxygen atoms in total. The summed E-state index contributed by atoms with van der Waals surface area (Å²) in [6, 6.07) is 74.1. The number of hydrogen-bond acceptors (Lipinski definition) is 3. The van der Waals surface area contributed by atoms with Crippen molar-refractivity contribution in [3.8, 4) is 44.9 Å². The van der Waals surface area contributed by atoms with E-state index in [0.717, 1.165) is 67.5 Å². The van der Waals surface area contributed by atoms with Crippen molar-refractivity contribution < 1.29 is 4.74 Å². The van der Waals surface area contributed by atoms with Crippen molar-refractivity contribution in [3.05, 3.63) is 217 Å². The minimum Gasteiger partial charge on any atom is -0.454 e. The fourth-order valence-corrected chi connectivity index (χ4v) is 9.27. The molecule has 0 fully saturated rings. The molecule has 1 aliphatic heterocycles. The number of rotatable bonds is 7. The van der Waals surface area contributed by atoms with Crippen LogP contribution in [0.3, 0.4) is 0 Å². The van der Waals surface area contributed by atoms with Crippen LogP contribution in [-0.2, 0) is 5.41 Å². The van der Waals surface area contributed by atoms with Gasteiger partial charge in [-0.15, -0.1) is 0 Å². The average molecular weight is 745 g/mol. The molecular formula is C55H40N2O. The van der Waals surface area contributed by atoms with E-state index < -0.39 is 0 Å². The first-order valence-corrected chi connectivity index (χ1v) is 20.0. The molecule has 9 aromatic carbocycles. The summed E-state index contributed by atoms with van der Waals surface area (Å²) < 4.78 is 7.23. The average Bonchev–Trinajstić information content (AvgIpc) is 3.51. The van der Waals surface area contributed by atoms with Crippen molar-refractivity contribution in [3.63, 3.8) is 0 Å². The minimum absolute atomic E-state index is 0.145. The number of nitrogens with zero attached hydrogens (tertiary/aromatic N) is 2. The SMILES string of the molecule is CC1(C)c2ccccc2-c2ccc(N(c3ccc(-c4ccccc4)cc3)c3cccc4c3-c3cccc5ccc(N(c6ccccc6)c6ccccc6)c(c35)O4)cc21. The van der Waals surface area contributed by atoms with Crippen molar-refractivity contribution in [2.75, 3.05) is 9.80 Å². The molecule has 0 saturated heterocycles. The van der Waals surface area contributed by atoms with Gasteiger partial charge >= 0.3 is 0 Å². The highest BCUT2D eigenvalue weighted by Crippen LogP contribution is 2.57. The Bertz CT molecular complexity index is 2950. The fraction of sp³-hybridized carbons (Fsp3) is 0.0545. The molecule has 0 bridgehead atoms. The Kier molecular flexibility index (Phi) is 7.84. The van der Waals surface area contributed by atoms with Gasteiger partial charge in [0.2, 0.25) is 0 Å². The van der Waals surface area contributed by atoms with Gasteiger partial charge in [0.15, 0.2) is 5.75 Å². The Morgan fingerprint density at radius 3 is 1.71 bits per heavy atom. The summed E-state index contributed by atoms with van der Waals surface area (Å²) in [4.78, 5) is 4.72. The Hall–Kier alpha value is -7.36. The van der Waals surface area contributed by atoms with Gasteiger partial charge in [-0.1, -0.05) is 153 Å². The van der Waals surface area contributed by atoms with Crippen molar-refractivity contribution in [2.45, 2.75) is 19.3 Å². The van der Waals surface area contributed by atoms with Gasteiger partial charge in [-0.05, 0) is 111 Å². The highest BCUT2D eigenvalue weighted by molar-refractivity contribution is 6.11. The van der Waals surface area contributed by atoms with E-state index in [1.54, 1.807) is 0 Å². The van der Waals surface area contributed by atoms with Crippen LogP contribution in [0.2, 0.25) is 0 Å². The van der Waals surface area contributed by atoms with E-state index in [4.69, 9.17) is 4.74 Å². The van der Waals surface area contributed by atoms with Crippen LogP contribution >= 0.6 is 0 Å². The summed E-state index contributed by atoms with van der Waals surface area (Å²) in [7, 11) is 0. The normalized spacial score (nSPS) is 12.9. The standard InChI is InChI=1S/C55H40N2O/c1-55(2)47-25-13-12-23-44(47)45-34-33-43(36-48(45)55)57(42-31-28-38(29-32-42)37-16-6-3-7-17-37)49-26-15-27-51-53(49)46-24-14-18-39-30-35-50(54(58-51)52(39)46)56(40-19-8-4-9-20-40)41-21-10-5-11-22-41/h3-36H,1-2H3. The third-order valence-electron chi connectivity index (χ3n) is 12.0. The molecule has 0 spiro atoms. The van der Waals surface area contributed by atoms with Gasteiger partial charge in [-0.2, -0.15) is 0 Å². The van der Waals surface area contributed by atoms with E-state index in [9.17, 15) is 0 Å². The molecule has 58 heavy (non-hydrogen) atoms. The van der Waals surface area contributed by atoms with Crippen LogP contribution in [0.1, 0.15) is 25.0 Å². The quantitative estimate of drug-likeness (QED) is 0.162. The maximum atomic E-state index is 7.23. The molecule has 0 atom stereocenters. The van der Waals surface area contributed by atoms with Gasteiger partial charge in [0, 0.05) is 39.1 Å². The molecule has 0 unspecified atom stereocenters. The predicted molar refractivity (Wildman–Crippen MR) is 242 cm³/mol. The summed E-state index contributed by atoms with van der Waals surface area (Å²) in [5, 5.41) is 2.23. The molecule has 0 radical (unpaired) electrons. The number of anilines is 6. The van der Waals surface area contributed by atoms with Crippen LogP contribution in [-0.4, -0.2) is 0 Å². The third-order valence-corrected chi connectivity index (χ3v) is 12.0. The highest BCUT2D eigenvalue weighted by Gasteiger charge is 2.36. The molecule has 0 aromatic heterocycles. The van der Waals surface area contributed by atoms with E-state index in [2.05, 4.69) is 230 Å². The fourth-order valence-electron chi connectivity index (χ4n) is 9.27. The number of fused-ring (bicyclic) bond motifs is 5. The molecule has 276 valence electrons. The first-order valence-electron chi connectivity index (χ1n) is 20.0. The Balaban J connectivity index is 1.13. The molecule has 11 rings (SSSR count). The lowest BCUT2D eigenvalue weighted by atomic mass is 9.82. The second-order valence-corrected chi connectivity index (χ2v) is 15.7. The topological polar surface area (TPSA) is 15.7 Å². The summed E-state index contributed by atoms with van der Waals surface area (Å²) in [6.45, 7) is 4.70. The van der Waals surface area contributed by atoms with Crippen LogP contribution < -0.4 is 14.5 Å². The number of para-hydroxylation sites is 2. The van der Waals surface area contributed by atoms with Crippen molar-refractivity contribution >= 4 is 44.9 Å². The number of ether oxygens (including phenoxy) is 1. The molecule has 0 amide bonds. The van der Waals surface area contributed by atoms with Gasteiger partial charge < -0.3 is 14.5 Å². The van der Waals surface area contributed by atoms with Crippen LogP contribution in [0, 0.1) is 0 Å². The summed E-state index contributed by atoms with van der Waals surface area (Å²) in [5.41, 5.74) is 16.1. The van der Waals surface area contributed by atoms with Gasteiger partial charge in [-0.25, -0.2) is 0 Å². The molecule has 2 aliphatic rings. The Labute approximate surface area is 339 Å².